The summed E-state index contributed by atoms with van der Waals surface area (Å²) in [6, 6.07) is 9.45. The minimum Gasteiger partial charge on any atom is -0.461 e. The van der Waals surface area contributed by atoms with Gasteiger partial charge in [-0.25, -0.2) is 0 Å². The number of rotatable bonds is 5. The number of carbonyl (C=O) groups is 2. The first-order valence-electron chi connectivity index (χ1n) is 4.87. The third-order valence-electron chi connectivity index (χ3n) is 1.96. The van der Waals surface area contributed by atoms with Gasteiger partial charge in [0.15, 0.2) is 0 Å². The molecule has 0 saturated carbocycles. The maximum Gasteiger partial charge on any atom is 0.306 e. The summed E-state index contributed by atoms with van der Waals surface area (Å²) in [4.78, 5) is 21.5. The molecule has 0 aromatic heterocycles. The summed E-state index contributed by atoms with van der Waals surface area (Å²) in [5.41, 5.74) is 0.949. The van der Waals surface area contributed by atoms with Gasteiger partial charge in [-0.3, -0.25) is 4.79 Å². The molecular weight excluding hydrogens is 192 g/mol. The van der Waals surface area contributed by atoms with Gasteiger partial charge in [0, 0.05) is 5.92 Å². The van der Waals surface area contributed by atoms with Crippen LogP contribution in [0.25, 0.3) is 0 Å². The average molecular weight is 206 g/mol. The van der Waals surface area contributed by atoms with Crippen LogP contribution in [0.4, 0.5) is 0 Å². The summed E-state index contributed by atoms with van der Waals surface area (Å²) in [5, 5.41) is 0. The van der Waals surface area contributed by atoms with E-state index in [2.05, 4.69) is 0 Å². The van der Waals surface area contributed by atoms with E-state index in [4.69, 9.17) is 4.74 Å². The Morgan fingerprint density at radius 3 is 2.67 bits per heavy atom. The molecule has 0 spiro atoms. The van der Waals surface area contributed by atoms with Crippen molar-refractivity contribution in [2.45, 2.75) is 20.0 Å². The predicted molar refractivity (Wildman–Crippen MR) is 56.1 cm³/mol. The van der Waals surface area contributed by atoms with Crippen molar-refractivity contribution in [3.63, 3.8) is 0 Å². The lowest BCUT2D eigenvalue weighted by Crippen LogP contribution is -2.10. The maximum absolute atomic E-state index is 11.2. The summed E-state index contributed by atoms with van der Waals surface area (Å²) >= 11 is 0. The van der Waals surface area contributed by atoms with Crippen molar-refractivity contribution in [1.29, 1.82) is 0 Å². The Balaban J connectivity index is 2.31. The van der Waals surface area contributed by atoms with Gasteiger partial charge in [0.1, 0.15) is 12.9 Å². The third-order valence-corrected chi connectivity index (χ3v) is 1.96. The first-order chi connectivity index (χ1) is 7.22. The second-order valence-electron chi connectivity index (χ2n) is 3.46. The van der Waals surface area contributed by atoms with E-state index in [1.165, 1.54) is 0 Å². The van der Waals surface area contributed by atoms with Crippen molar-refractivity contribution >= 4 is 12.3 Å². The monoisotopic (exact) mass is 206 g/mol. The van der Waals surface area contributed by atoms with Crippen molar-refractivity contribution in [3.8, 4) is 0 Å². The molecule has 0 amide bonds. The van der Waals surface area contributed by atoms with E-state index in [0.717, 1.165) is 11.8 Å². The number of ether oxygens (including phenoxy) is 1. The van der Waals surface area contributed by atoms with Crippen LogP contribution >= 0.6 is 0 Å². The molecule has 3 heteroatoms. The Bertz CT molecular complexity index is 319. The number of esters is 1. The van der Waals surface area contributed by atoms with Crippen LogP contribution in [0.1, 0.15) is 18.9 Å². The smallest absolute Gasteiger partial charge is 0.306 e. The van der Waals surface area contributed by atoms with Crippen LogP contribution in [0.15, 0.2) is 30.3 Å². The van der Waals surface area contributed by atoms with Crippen LogP contribution in [0.3, 0.4) is 0 Å². The minimum absolute atomic E-state index is 0.149. The summed E-state index contributed by atoms with van der Waals surface area (Å²) in [5.74, 6) is -0.605. The molecule has 15 heavy (non-hydrogen) atoms. The zero-order chi connectivity index (χ0) is 11.1. The van der Waals surface area contributed by atoms with Crippen LogP contribution in [0, 0.1) is 5.92 Å². The van der Waals surface area contributed by atoms with E-state index in [1.54, 1.807) is 6.92 Å². The first kappa shape index (κ1) is 11.4. The standard InChI is InChI=1S/C12H14O3/c1-10(8-13)7-12(14)15-9-11-5-3-2-4-6-11/h2-6,8,10H,7,9H2,1H3/t10-/m0/s1. The molecule has 0 aliphatic carbocycles. The summed E-state index contributed by atoms with van der Waals surface area (Å²) < 4.78 is 5.00. The molecule has 3 nitrogen and oxygen atoms in total. The van der Waals surface area contributed by atoms with Crippen molar-refractivity contribution in [2.75, 3.05) is 0 Å². The molecule has 0 aliphatic heterocycles. The molecule has 0 radical (unpaired) electrons. The van der Waals surface area contributed by atoms with Crippen molar-refractivity contribution in [2.24, 2.45) is 5.92 Å². The second kappa shape index (κ2) is 5.96. The minimum atomic E-state index is -0.335. The average Bonchev–Trinajstić information content (AvgIpc) is 2.27. The van der Waals surface area contributed by atoms with E-state index < -0.39 is 0 Å². The maximum atomic E-state index is 11.2. The fourth-order valence-corrected chi connectivity index (χ4v) is 1.11. The number of hydrogen-bond acceptors (Lipinski definition) is 3. The Hall–Kier alpha value is -1.64. The Morgan fingerprint density at radius 2 is 2.07 bits per heavy atom. The predicted octanol–water partition coefficient (Wildman–Crippen LogP) is 1.95. The highest BCUT2D eigenvalue weighted by Gasteiger charge is 2.08. The molecule has 80 valence electrons. The SMILES string of the molecule is C[C@H](C=O)CC(=O)OCc1ccccc1. The van der Waals surface area contributed by atoms with Crippen molar-refractivity contribution < 1.29 is 14.3 Å². The van der Waals surface area contributed by atoms with Crippen LogP contribution in [-0.2, 0) is 20.9 Å². The van der Waals surface area contributed by atoms with E-state index >= 15 is 0 Å². The topological polar surface area (TPSA) is 43.4 Å². The molecule has 0 heterocycles. The lowest BCUT2D eigenvalue weighted by atomic mass is 10.1. The molecule has 0 N–H and O–H groups in total. The van der Waals surface area contributed by atoms with E-state index in [0.29, 0.717) is 0 Å². The number of hydrogen-bond donors (Lipinski definition) is 0. The molecule has 1 rings (SSSR count). The van der Waals surface area contributed by atoms with Crippen LogP contribution in [-0.4, -0.2) is 12.3 Å². The van der Waals surface area contributed by atoms with Crippen molar-refractivity contribution in [1.82, 2.24) is 0 Å². The van der Waals surface area contributed by atoms with Gasteiger partial charge in [-0.2, -0.15) is 0 Å². The zero-order valence-corrected chi connectivity index (χ0v) is 8.68. The third kappa shape index (κ3) is 4.40. The van der Waals surface area contributed by atoms with Crippen LogP contribution < -0.4 is 0 Å². The molecule has 1 atom stereocenters. The van der Waals surface area contributed by atoms with Gasteiger partial charge in [-0.1, -0.05) is 37.3 Å². The lowest BCUT2D eigenvalue weighted by molar-refractivity contribution is -0.146. The van der Waals surface area contributed by atoms with Crippen LogP contribution in [0.2, 0.25) is 0 Å². The Kier molecular flexibility index (Phi) is 4.54. The first-order valence-corrected chi connectivity index (χ1v) is 4.87. The van der Waals surface area contributed by atoms with Gasteiger partial charge in [-0.05, 0) is 5.56 Å². The van der Waals surface area contributed by atoms with Gasteiger partial charge in [0.05, 0.1) is 6.42 Å². The highest BCUT2D eigenvalue weighted by Crippen LogP contribution is 2.04. The quantitative estimate of drug-likeness (QED) is 0.546. The highest BCUT2D eigenvalue weighted by molar-refractivity contribution is 5.73. The summed E-state index contributed by atoms with van der Waals surface area (Å²) in [6.07, 6.45) is 0.903. The van der Waals surface area contributed by atoms with E-state index in [1.807, 2.05) is 30.3 Å². The molecule has 0 unspecified atom stereocenters. The Labute approximate surface area is 89.1 Å². The molecule has 1 aromatic carbocycles. The van der Waals surface area contributed by atoms with Gasteiger partial charge in [-0.15, -0.1) is 0 Å². The second-order valence-corrected chi connectivity index (χ2v) is 3.46. The summed E-state index contributed by atoms with van der Waals surface area (Å²) in [7, 11) is 0. The largest absolute Gasteiger partial charge is 0.461 e. The van der Waals surface area contributed by atoms with Gasteiger partial charge < -0.3 is 9.53 Å². The van der Waals surface area contributed by atoms with E-state index in [-0.39, 0.29) is 24.9 Å². The fourth-order valence-electron chi connectivity index (χ4n) is 1.11. The van der Waals surface area contributed by atoms with Gasteiger partial charge in [0.2, 0.25) is 0 Å². The molecular formula is C12H14O3. The highest BCUT2D eigenvalue weighted by atomic mass is 16.5. The Morgan fingerprint density at radius 1 is 1.40 bits per heavy atom. The molecule has 0 aliphatic rings. The van der Waals surface area contributed by atoms with Gasteiger partial charge in [0.25, 0.3) is 0 Å². The molecule has 0 fully saturated rings. The molecule has 0 saturated heterocycles. The zero-order valence-electron chi connectivity index (χ0n) is 8.68. The lowest BCUT2D eigenvalue weighted by Gasteiger charge is -2.05. The number of aldehydes is 1. The normalized spacial score (nSPS) is 11.8. The number of benzene rings is 1. The summed E-state index contributed by atoms with van der Waals surface area (Å²) in [6.45, 7) is 1.96. The van der Waals surface area contributed by atoms with Crippen LogP contribution in [0.5, 0.6) is 0 Å². The van der Waals surface area contributed by atoms with E-state index in [9.17, 15) is 9.59 Å². The number of carbonyl (C=O) groups excluding carboxylic acids is 2. The van der Waals surface area contributed by atoms with Gasteiger partial charge >= 0.3 is 5.97 Å². The fraction of sp³-hybridized carbons (Fsp3) is 0.333. The van der Waals surface area contributed by atoms with Crippen molar-refractivity contribution in [3.05, 3.63) is 35.9 Å². The molecule has 1 aromatic rings. The molecule has 0 bridgehead atoms.